The molecule has 0 aliphatic rings. The van der Waals surface area contributed by atoms with Gasteiger partial charge in [0.2, 0.25) is 5.91 Å². The molecule has 0 aromatic rings. The summed E-state index contributed by atoms with van der Waals surface area (Å²) in [7, 11) is 0. The Balaban J connectivity index is 3.91. The fourth-order valence-corrected chi connectivity index (χ4v) is 1.59. The van der Waals surface area contributed by atoms with Crippen LogP contribution in [0.3, 0.4) is 0 Å². The molecule has 0 aromatic heterocycles. The van der Waals surface area contributed by atoms with Crippen molar-refractivity contribution < 1.29 is 9.90 Å². The van der Waals surface area contributed by atoms with Crippen molar-refractivity contribution in [3.63, 3.8) is 0 Å². The normalized spacial score (nSPS) is 15.8. The van der Waals surface area contributed by atoms with Crippen molar-refractivity contribution in [2.24, 2.45) is 5.41 Å². The number of aliphatic hydroxyl groups excluding tert-OH is 1. The van der Waals surface area contributed by atoms with Crippen LogP contribution in [0.2, 0.25) is 0 Å². The van der Waals surface area contributed by atoms with Crippen LogP contribution in [0, 0.1) is 5.41 Å². The Morgan fingerprint density at radius 1 is 1.24 bits per heavy atom. The monoisotopic (exact) mass is 244 g/mol. The maximum atomic E-state index is 11.6. The molecule has 4 heteroatoms. The van der Waals surface area contributed by atoms with Crippen LogP contribution < -0.4 is 10.6 Å². The largest absolute Gasteiger partial charge is 0.392 e. The first-order valence-electron chi connectivity index (χ1n) is 6.33. The van der Waals surface area contributed by atoms with E-state index in [2.05, 4.69) is 31.4 Å². The summed E-state index contributed by atoms with van der Waals surface area (Å²) < 4.78 is 0. The van der Waals surface area contributed by atoms with Crippen LogP contribution in [-0.2, 0) is 4.79 Å². The van der Waals surface area contributed by atoms with Gasteiger partial charge in [-0.1, -0.05) is 20.8 Å². The minimum absolute atomic E-state index is 0.0250. The lowest BCUT2D eigenvalue weighted by Gasteiger charge is -2.24. The fraction of sp³-hybridized carbons (Fsp3) is 0.923. The van der Waals surface area contributed by atoms with Gasteiger partial charge in [-0.2, -0.15) is 0 Å². The van der Waals surface area contributed by atoms with Crippen LogP contribution >= 0.6 is 0 Å². The van der Waals surface area contributed by atoms with Gasteiger partial charge >= 0.3 is 0 Å². The van der Waals surface area contributed by atoms with Gasteiger partial charge in [-0.15, -0.1) is 0 Å². The molecule has 0 bridgehead atoms. The molecule has 0 heterocycles. The molecular formula is C13H28N2O2. The molecule has 0 fully saturated rings. The van der Waals surface area contributed by atoms with Gasteiger partial charge in [0.25, 0.3) is 0 Å². The van der Waals surface area contributed by atoms with Gasteiger partial charge in [0.15, 0.2) is 0 Å². The van der Waals surface area contributed by atoms with Crippen molar-refractivity contribution >= 4 is 5.91 Å². The molecule has 2 atom stereocenters. The maximum absolute atomic E-state index is 11.6. The van der Waals surface area contributed by atoms with Gasteiger partial charge < -0.3 is 15.7 Å². The highest BCUT2D eigenvalue weighted by molar-refractivity contribution is 5.81. The van der Waals surface area contributed by atoms with Crippen LogP contribution in [-0.4, -0.2) is 35.7 Å². The van der Waals surface area contributed by atoms with E-state index >= 15 is 0 Å². The number of carbonyl (C=O) groups excluding carboxylic acids is 1. The van der Waals surface area contributed by atoms with Gasteiger partial charge in [0.1, 0.15) is 0 Å². The molecule has 0 saturated heterocycles. The van der Waals surface area contributed by atoms with Gasteiger partial charge in [-0.05, 0) is 32.6 Å². The van der Waals surface area contributed by atoms with E-state index in [1.165, 1.54) is 0 Å². The molecule has 0 aromatic carbocycles. The molecular weight excluding hydrogens is 216 g/mol. The van der Waals surface area contributed by atoms with Crippen molar-refractivity contribution in [3.8, 4) is 0 Å². The van der Waals surface area contributed by atoms with Gasteiger partial charge in [0, 0.05) is 12.6 Å². The highest BCUT2D eigenvalue weighted by atomic mass is 16.3. The highest BCUT2D eigenvalue weighted by Gasteiger charge is 2.19. The lowest BCUT2D eigenvalue weighted by Crippen LogP contribution is -2.47. The number of carbonyl (C=O) groups is 1. The van der Waals surface area contributed by atoms with Crippen molar-refractivity contribution in [2.45, 2.75) is 66.2 Å². The third kappa shape index (κ3) is 9.12. The SMILES string of the molecule is CC(C)NC(=O)C(C)NCC(O)CC(C)(C)C. The zero-order valence-electron chi connectivity index (χ0n) is 12.0. The lowest BCUT2D eigenvalue weighted by molar-refractivity contribution is -0.123. The number of nitrogens with one attached hydrogen (secondary N) is 2. The van der Waals surface area contributed by atoms with E-state index in [0.29, 0.717) is 6.54 Å². The summed E-state index contributed by atoms with van der Waals surface area (Å²) in [5.74, 6) is -0.0250. The highest BCUT2D eigenvalue weighted by Crippen LogP contribution is 2.20. The molecule has 0 saturated carbocycles. The first kappa shape index (κ1) is 16.4. The molecule has 1 amide bonds. The zero-order chi connectivity index (χ0) is 13.6. The van der Waals surface area contributed by atoms with E-state index in [4.69, 9.17) is 0 Å². The Morgan fingerprint density at radius 2 is 1.76 bits per heavy atom. The zero-order valence-corrected chi connectivity index (χ0v) is 12.0. The summed E-state index contributed by atoms with van der Waals surface area (Å²) >= 11 is 0. The second kappa shape index (κ2) is 6.97. The smallest absolute Gasteiger partial charge is 0.237 e. The molecule has 2 unspecified atom stereocenters. The predicted molar refractivity (Wildman–Crippen MR) is 70.8 cm³/mol. The molecule has 17 heavy (non-hydrogen) atoms. The van der Waals surface area contributed by atoms with E-state index in [1.807, 2.05) is 20.8 Å². The molecule has 4 nitrogen and oxygen atoms in total. The third-order valence-corrected chi connectivity index (χ3v) is 2.33. The Morgan fingerprint density at radius 3 is 2.18 bits per heavy atom. The molecule has 0 radical (unpaired) electrons. The Bertz CT molecular complexity index is 234. The van der Waals surface area contributed by atoms with E-state index < -0.39 is 6.10 Å². The summed E-state index contributed by atoms with van der Waals surface area (Å²) in [5.41, 5.74) is 0.102. The van der Waals surface area contributed by atoms with Gasteiger partial charge in [-0.3, -0.25) is 4.79 Å². The van der Waals surface area contributed by atoms with Crippen LogP contribution in [0.25, 0.3) is 0 Å². The van der Waals surface area contributed by atoms with E-state index in [-0.39, 0.29) is 23.4 Å². The number of aliphatic hydroxyl groups is 1. The van der Waals surface area contributed by atoms with Crippen LogP contribution in [0.15, 0.2) is 0 Å². The Kier molecular flexibility index (Phi) is 6.72. The van der Waals surface area contributed by atoms with Crippen molar-refractivity contribution in [3.05, 3.63) is 0 Å². The molecule has 0 spiro atoms. The predicted octanol–water partition coefficient (Wildman–Crippen LogP) is 1.29. The minimum Gasteiger partial charge on any atom is -0.392 e. The van der Waals surface area contributed by atoms with Crippen LogP contribution in [0.1, 0.15) is 48.0 Å². The number of hydrogen-bond acceptors (Lipinski definition) is 3. The molecule has 3 N–H and O–H groups in total. The quantitative estimate of drug-likeness (QED) is 0.660. The van der Waals surface area contributed by atoms with E-state index in [1.54, 1.807) is 0 Å². The van der Waals surface area contributed by atoms with Crippen molar-refractivity contribution in [1.29, 1.82) is 0 Å². The fourth-order valence-electron chi connectivity index (χ4n) is 1.59. The topological polar surface area (TPSA) is 61.4 Å². The number of hydrogen-bond donors (Lipinski definition) is 3. The average Bonchev–Trinajstić information content (AvgIpc) is 2.10. The molecule has 0 aliphatic heterocycles. The van der Waals surface area contributed by atoms with Gasteiger partial charge in [0.05, 0.1) is 12.1 Å². The van der Waals surface area contributed by atoms with E-state index in [9.17, 15) is 9.90 Å². The molecule has 102 valence electrons. The Hall–Kier alpha value is -0.610. The maximum Gasteiger partial charge on any atom is 0.237 e. The van der Waals surface area contributed by atoms with E-state index in [0.717, 1.165) is 6.42 Å². The Labute approximate surface area is 105 Å². The first-order chi connectivity index (χ1) is 7.61. The van der Waals surface area contributed by atoms with Gasteiger partial charge in [-0.25, -0.2) is 0 Å². The second-order valence-electron chi connectivity index (χ2n) is 6.21. The average molecular weight is 244 g/mol. The van der Waals surface area contributed by atoms with Crippen LogP contribution in [0.5, 0.6) is 0 Å². The lowest BCUT2D eigenvalue weighted by atomic mass is 9.89. The first-order valence-corrected chi connectivity index (χ1v) is 6.33. The minimum atomic E-state index is -0.413. The molecule has 0 rings (SSSR count). The van der Waals surface area contributed by atoms with Crippen LogP contribution in [0.4, 0.5) is 0 Å². The summed E-state index contributed by atoms with van der Waals surface area (Å²) in [4.78, 5) is 11.6. The summed E-state index contributed by atoms with van der Waals surface area (Å²) in [5, 5.41) is 15.7. The third-order valence-electron chi connectivity index (χ3n) is 2.33. The van der Waals surface area contributed by atoms with Crippen molar-refractivity contribution in [2.75, 3.05) is 6.54 Å². The second-order valence-corrected chi connectivity index (χ2v) is 6.21. The standard InChI is InChI=1S/C13H28N2O2/c1-9(2)15-12(17)10(3)14-8-11(16)7-13(4,5)6/h9-11,14,16H,7-8H2,1-6H3,(H,15,17). The summed E-state index contributed by atoms with van der Waals surface area (Å²) in [6, 6.07) is -0.127. The molecule has 0 aliphatic carbocycles. The van der Waals surface area contributed by atoms with Crippen molar-refractivity contribution in [1.82, 2.24) is 10.6 Å². The number of amides is 1. The summed E-state index contributed by atoms with van der Waals surface area (Å²) in [6.07, 6.45) is 0.308. The summed E-state index contributed by atoms with van der Waals surface area (Å²) in [6.45, 7) is 12.4. The number of rotatable bonds is 6.